The third kappa shape index (κ3) is 4.73. The Kier molecular flexibility index (Phi) is 7.07. The lowest BCUT2D eigenvalue weighted by atomic mass is 9.98. The molecule has 2 aliphatic heterocycles. The number of carbonyl (C=O) groups excluding carboxylic acids is 2. The summed E-state index contributed by atoms with van der Waals surface area (Å²) in [7, 11) is -4.02. The molecule has 0 saturated carbocycles. The van der Waals surface area contributed by atoms with Crippen LogP contribution in [0.25, 0.3) is 0 Å². The molecule has 0 aromatic heterocycles. The molecule has 11 heteroatoms. The van der Waals surface area contributed by atoms with Crippen molar-refractivity contribution in [2.45, 2.75) is 37.5 Å². The van der Waals surface area contributed by atoms with Crippen LogP contribution < -0.4 is 10.2 Å². The summed E-state index contributed by atoms with van der Waals surface area (Å²) in [6.45, 7) is 2.33. The van der Waals surface area contributed by atoms with Crippen molar-refractivity contribution >= 4 is 49.1 Å². The molecule has 2 aromatic rings. The van der Waals surface area contributed by atoms with Crippen molar-refractivity contribution in [3.05, 3.63) is 52.0 Å². The van der Waals surface area contributed by atoms with Crippen LogP contribution in [0.1, 0.15) is 31.7 Å². The molecule has 0 aliphatic carbocycles. The first kappa shape index (κ1) is 24.7. The minimum atomic E-state index is -4.02. The quantitative estimate of drug-likeness (QED) is 0.602. The summed E-state index contributed by atoms with van der Waals surface area (Å²) in [5, 5.41) is 2.54. The van der Waals surface area contributed by atoms with Crippen molar-refractivity contribution in [1.82, 2.24) is 4.31 Å². The molecule has 1 atom stereocenters. The maximum atomic E-state index is 13.7. The maximum Gasteiger partial charge on any atom is 0.245 e. The van der Waals surface area contributed by atoms with Gasteiger partial charge in [0.05, 0.1) is 11.6 Å². The third-order valence-corrected chi connectivity index (χ3v) is 8.49. The molecule has 1 saturated heterocycles. The van der Waals surface area contributed by atoms with E-state index in [2.05, 4.69) is 21.2 Å². The van der Waals surface area contributed by atoms with Crippen molar-refractivity contribution in [1.29, 1.82) is 0 Å². The van der Waals surface area contributed by atoms with Gasteiger partial charge in [0.1, 0.15) is 4.90 Å². The highest BCUT2D eigenvalue weighted by atomic mass is 79.9. The van der Waals surface area contributed by atoms with E-state index in [1.54, 1.807) is 6.92 Å². The Labute approximate surface area is 205 Å². The van der Waals surface area contributed by atoms with E-state index in [1.165, 1.54) is 21.3 Å². The lowest BCUT2D eigenvalue weighted by molar-refractivity contribution is -0.121. The lowest BCUT2D eigenvalue weighted by Gasteiger charge is -2.32. The predicted molar refractivity (Wildman–Crippen MR) is 127 cm³/mol. The highest BCUT2D eigenvalue weighted by molar-refractivity contribution is 9.10. The Morgan fingerprint density at radius 2 is 1.91 bits per heavy atom. The minimum absolute atomic E-state index is 0.0397. The smallest absolute Gasteiger partial charge is 0.245 e. The van der Waals surface area contributed by atoms with E-state index in [9.17, 15) is 26.8 Å². The number of piperidine rings is 1. The molecule has 2 amide bonds. The first-order chi connectivity index (χ1) is 16.1. The van der Waals surface area contributed by atoms with Crippen molar-refractivity contribution in [3.63, 3.8) is 0 Å². The molecule has 0 unspecified atom stereocenters. The number of nitrogens with one attached hydrogen (secondary N) is 1. The first-order valence-electron chi connectivity index (χ1n) is 11.0. The molecule has 0 radical (unpaired) electrons. The molecule has 2 heterocycles. The van der Waals surface area contributed by atoms with Crippen molar-refractivity contribution < 1.29 is 26.8 Å². The zero-order valence-electron chi connectivity index (χ0n) is 18.5. The fraction of sp³-hybridized carbons (Fsp3) is 0.391. The molecule has 0 spiro atoms. The Morgan fingerprint density at radius 1 is 1.15 bits per heavy atom. The molecule has 7 nitrogen and oxygen atoms in total. The van der Waals surface area contributed by atoms with Gasteiger partial charge in [0, 0.05) is 42.3 Å². The summed E-state index contributed by atoms with van der Waals surface area (Å²) < 4.78 is 55.9. The van der Waals surface area contributed by atoms with Gasteiger partial charge in [0.2, 0.25) is 21.8 Å². The fourth-order valence-electron chi connectivity index (χ4n) is 4.44. The second-order valence-corrected chi connectivity index (χ2v) is 11.2. The highest BCUT2D eigenvalue weighted by Gasteiger charge is 2.38. The molecule has 1 N–H and O–H groups in total. The van der Waals surface area contributed by atoms with Crippen LogP contribution in [0, 0.1) is 17.6 Å². The van der Waals surface area contributed by atoms with E-state index in [1.807, 2.05) is 6.07 Å². The average molecular weight is 556 g/mol. The molecule has 0 bridgehead atoms. The Hall–Kier alpha value is -2.37. The number of anilines is 2. The van der Waals surface area contributed by atoms with Gasteiger partial charge in [-0.1, -0.05) is 22.9 Å². The lowest BCUT2D eigenvalue weighted by Crippen LogP contribution is -2.44. The van der Waals surface area contributed by atoms with Gasteiger partial charge in [-0.3, -0.25) is 9.59 Å². The van der Waals surface area contributed by atoms with Crippen LogP contribution in [-0.2, 0) is 26.0 Å². The van der Waals surface area contributed by atoms with Crippen LogP contribution in [0.3, 0.4) is 0 Å². The van der Waals surface area contributed by atoms with Gasteiger partial charge in [0.25, 0.3) is 0 Å². The van der Waals surface area contributed by atoms with Gasteiger partial charge in [0.15, 0.2) is 11.6 Å². The Balaban J connectivity index is 1.59. The summed E-state index contributed by atoms with van der Waals surface area (Å²) in [5.74, 6) is -3.39. The van der Waals surface area contributed by atoms with Crippen LogP contribution in [0.15, 0.2) is 39.7 Å². The van der Waals surface area contributed by atoms with Crippen LogP contribution in [0.4, 0.5) is 20.2 Å². The summed E-state index contributed by atoms with van der Waals surface area (Å²) in [6, 6.07) is 6.37. The summed E-state index contributed by atoms with van der Waals surface area (Å²) in [5.41, 5.74) is 1.28. The van der Waals surface area contributed by atoms with Gasteiger partial charge in [-0.25, -0.2) is 17.2 Å². The number of hydrogen-bond acceptors (Lipinski definition) is 4. The fourth-order valence-corrected chi connectivity index (χ4v) is 6.88. The third-order valence-electron chi connectivity index (χ3n) is 6.16. The number of amides is 2. The van der Waals surface area contributed by atoms with Gasteiger partial charge < -0.3 is 10.2 Å². The number of rotatable bonds is 5. The monoisotopic (exact) mass is 555 g/mol. The molecule has 2 aliphatic rings. The zero-order chi connectivity index (χ0) is 24.6. The van der Waals surface area contributed by atoms with Gasteiger partial charge in [-0.05, 0) is 49.1 Å². The van der Waals surface area contributed by atoms with Crippen molar-refractivity contribution in [3.8, 4) is 0 Å². The van der Waals surface area contributed by atoms with E-state index in [0.29, 0.717) is 36.0 Å². The number of fused-ring (bicyclic) bond motifs is 1. The number of hydrogen-bond donors (Lipinski definition) is 1. The van der Waals surface area contributed by atoms with E-state index in [4.69, 9.17) is 0 Å². The van der Waals surface area contributed by atoms with Gasteiger partial charge in [-0.15, -0.1) is 0 Å². The number of carbonyl (C=O) groups is 2. The Morgan fingerprint density at radius 3 is 2.62 bits per heavy atom. The second-order valence-electron chi connectivity index (χ2n) is 8.38. The average Bonchev–Trinajstić information content (AvgIpc) is 3.24. The minimum Gasteiger partial charge on any atom is -0.326 e. The SMILES string of the molecule is CCC(=O)N1CCc2cc(Br)cc(S(=O)(=O)N3CCC[C@H](C(=O)Nc4ccc(F)c(F)c4)C3)c21. The summed E-state index contributed by atoms with van der Waals surface area (Å²) in [4.78, 5) is 26.8. The van der Waals surface area contributed by atoms with Gasteiger partial charge >= 0.3 is 0 Å². The zero-order valence-corrected chi connectivity index (χ0v) is 20.9. The van der Waals surface area contributed by atoms with Crippen LogP contribution in [-0.4, -0.2) is 44.2 Å². The Bertz CT molecular complexity index is 1260. The number of sulfonamides is 1. The molecule has 182 valence electrons. The molecule has 34 heavy (non-hydrogen) atoms. The topological polar surface area (TPSA) is 86.8 Å². The van der Waals surface area contributed by atoms with Crippen LogP contribution >= 0.6 is 15.9 Å². The van der Waals surface area contributed by atoms with Crippen LogP contribution in [0.2, 0.25) is 0 Å². The summed E-state index contributed by atoms with van der Waals surface area (Å²) in [6.07, 6.45) is 1.73. The standard InChI is InChI=1S/C23H24BrF2N3O4S/c1-2-21(30)29-9-7-14-10-16(24)11-20(22(14)29)34(32,33)28-8-3-4-15(13-28)23(31)27-17-5-6-18(25)19(26)12-17/h5-6,10-12,15H,2-4,7-9,13H2,1H3,(H,27,31)/t15-/m0/s1. The van der Waals surface area contributed by atoms with Crippen molar-refractivity contribution in [2.75, 3.05) is 29.9 Å². The molecule has 2 aromatic carbocycles. The number of halogens is 3. The normalized spacial score (nSPS) is 18.6. The van der Waals surface area contributed by atoms with Crippen molar-refractivity contribution in [2.24, 2.45) is 5.92 Å². The number of nitrogens with zero attached hydrogens (tertiary/aromatic N) is 2. The van der Waals surface area contributed by atoms with Crippen LogP contribution in [0.5, 0.6) is 0 Å². The van der Waals surface area contributed by atoms with E-state index in [-0.39, 0.29) is 36.0 Å². The molecule has 1 fully saturated rings. The van der Waals surface area contributed by atoms with Gasteiger partial charge in [-0.2, -0.15) is 4.31 Å². The molecular formula is C23H24BrF2N3O4S. The first-order valence-corrected chi connectivity index (χ1v) is 13.2. The largest absolute Gasteiger partial charge is 0.326 e. The maximum absolute atomic E-state index is 13.7. The highest BCUT2D eigenvalue weighted by Crippen LogP contribution is 2.40. The predicted octanol–water partition coefficient (Wildman–Crippen LogP) is 4.07. The second kappa shape index (κ2) is 9.71. The summed E-state index contributed by atoms with van der Waals surface area (Å²) >= 11 is 3.38. The number of benzene rings is 2. The molecular weight excluding hydrogens is 532 g/mol. The van der Waals surface area contributed by atoms with E-state index in [0.717, 1.165) is 17.7 Å². The van der Waals surface area contributed by atoms with E-state index < -0.39 is 33.5 Å². The molecule has 4 rings (SSSR count). The van der Waals surface area contributed by atoms with E-state index >= 15 is 0 Å².